The van der Waals surface area contributed by atoms with Crippen LogP contribution >= 0.6 is 0 Å². The first-order valence-corrected chi connectivity index (χ1v) is 5.30. The lowest BCUT2D eigenvalue weighted by atomic mass is 9.99. The van der Waals surface area contributed by atoms with Crippen LogP contribution in [-0.2, 0) is 11.2 Å². The maximum atomic E-state index is 11.0. The lowest BCUT2D eigenvalue weighted by Crippen LogP contribution is -2.22. The molecule has 1 unspecified atom stereocenters. The molecule has 82 valence electrons. The van der Waals surface area contributed by atoms with E-state index >= 15 is 0 Å². The molecule has 0 aliphatic heterocycles. The van der Waals surface area contributed by atoms with E-state index in [0.717, 1.165) is 16.5 Å². The molecule has 0 aliphatic rings. The Morgan fingerprint density at radius 3 is 3.00 bits per heavy atom. The summed E-state index contributed by atoms with van der Waals surface area (Å²) in [5, 5.41) is 1.09. The lowest BCUT2D eigenvalue weighted by molar-refractivity contribution is -0.121. The molecule has 2 rings (SSSR count). The van der Waals surface area contributed by atoms with Crippen molar-refractivity contribution in [1.29, 1.82) is 0 Å². The largest absolute Gasteiger partial charge is 0.369 e. The molecule has 3 heteroatoms. The summed E-state index contributed by atoms with van der Waals surface area (Å²) in [6, 6.07) is 9.94. The van der Waals surface area contributed by atoms with Crippen molar-refractivity contribution >= 4 is 16.8 Å². The van der Waals surface area contributed by atoms with Crippen molar-refractivity contribution in [3.63, 3.8) is 0 Å². The van der Waals surface area contributed by atoms with Gasteiger partial charge in [0.2, 0.25) is 5.91 Å². The van der Waals surface area contributed by atoms with Gasteiger partial charge in [-0.05, 0) is 30.2 Å². The van der Waals surface area contributed by atoms with Crippen LogP contribution in [0.2, 0.25) is 0 Å². The fraction of sp³-hybridized carbons (Fsp3) is 0.231. The zero-order valence-corrected chi connectivity index (χ0v) is 9.18. The van der Waals surface area contributed by atoms with E-state index in [2.05, 4.69) is 11.1 Å². The van der Waals surface area contributed by atoms with Crippen LogP contribution in [0, 0.1) is 5.92 Å². The fourth-order valence-electron chi connectivity index (χ4n) is 1.71. The number of nitrogens with zero attached hydrogens (tertiary/aromatic N) is 1. The van der Waals surface area contributed by atoms with Crippen molar-refractivity contribution in [1.82, 2.24) is 4.98 Å². The van der Waals surface area contributed by atoms with Gasteiger partial charge in [0.15, 0.2) is 0 Å². The molecule has 1 atom stereocenters. The van der Waals surface area contributed by atoms with Crippen LogP contribution in [0.15, 0.2) is 36.5 Å². The minimum Gasteiger partial charge on any atom is -0.369 e. The number of hydrogen-bond acceptors (Lipinski definition) is 2. The Hall–Kier alpha value is -1.90. The van der Waals surface area contributed by atoms with Gasteiger partial charge < -0.3 is 5.73 Å². The van der Waals surface area contributed by atoms with Gasteiger partial charge in [0.1, 0.15) is 0 Å². The maximum Gasteiger partial charge on any atom is 0.220 e. The first-order valence-electron chi connectivity index (χ1n) is 5.30. The van der Waals surface area contributed by atoms with Crippen LogP contribution in [0.25, 0.3) is 10.9 Å². The summed E-state index contributed by atoms with van der Waals surface area (Å²) in [6.45, 7) is 1.84. The van der Waals surface area contributed by atoms with E-state index in [9.17, 15) is 4.79 Å². The van der Waals surface area contributed by atoms with Crippen molar-refractivity contribution in [3.05, 3.63) is 42.1 Å². The van der Waals surface area contributed by atoms with E-state index < -0.39 is 0 Å². The zero-order chi connectivity index (χ0) is 11.5. The van der Waals surface area contributed by atoms with Crippen molar-refractivity contribution in [3.8, 4) is 0 Å². The Kier molecular flexibility index (Phi) is 2.86. The number of rotatable bonds is 3. The van der Waals surface area contributed by atoms with Gasteiger partial charge in [-0.1, -0.05) is 19.1 Å². The predicted molar refractivity (Wildman–Crippen MR) is 63.8 cm³/mol. The van der Waals surface area contributed by atoms with Crippen LogP contribution in [-0.4, -0.2) is 10.9 Å². The molecule has 1 aromatic heterocycles. The Morgan fingerprint density at radius 2 is 2.25 bits per heavy atom. The van der Waals surface area contributed by atoms with Crippen molar-refractivity contribution < 1.29 is 4.79 Å². The van der Waals surface area contributed by atoms with Crippen LogP contribution in [0.4, 0.5) is 0 Å². The quantitative estimate of drug-likeness (QED) is 0.848. The highest BCUT2D eigenvalue weighted by Gasteiger charge is 2.09. The number of carbonyl (C=O) groups excluding carboxylic acids is 1. The van der Waals surface area contributed by atoms with Gasteiger partial charge in [-0.3, -0.25) is 9.78 Å². The molecule has 1 heterocycles. The van der Waals surface area contributed by atoms with Gasteiger partial charge >= 0.3 is 0 Å². The third-order valence-electron chi connectivity index (χ3n) is 2.70. The number of primary amides is 1. The van der Waals surface area contributed by atoms with Crippen LogP contribution < -0.4 is 5.73 Å². The molecule has 1 amide bonds. The van der Waals surface area contributed by atoms with E-state index in [1.165, 1.54) is 0 Å². The molecule has 3 nitrogen and oxygen atoms in total. The molecule has 1 aromatic carbocycles. The van der Waals surface area contributed by atoms with Gasteiger partial charge in [-0.15, -0.1) is 0 Å². The van der Waals surface area contributed by atoms with E-state index in [0.29, 0.717) is 6.42 Å². The molecule has 0 aliphatic carbocycles. The molecule has 2 N–H and O–H groups in total. The highest BCUT2D eigenvalue weighted by molar-refractivity contribution is 5.80. The second-order valence-electron chi connectivity index (χ2n) is 4.04. The van der Waals surface area contributed by atoms with Crippen LogP contribution in [0.5, 0.6) is 0 Å². The number of aromatic nitrogens is 1. The summed E-state index contributed by atoms with van der Waals surface area (Å²) in [7, 11) is 0. The van der Waals surface area contributed by atoms with Gasteiger partial charge in [0.05, 0.1) is 5.52 Å². The van der Waals surface area contributed by atoms with Gasteiger partial charge in [-0.2, -0.15) is 0 Å². The average Bonchev–Trinajstić information content (AvgIpc) is 2.28. The molecule has 0 fully saturated rings. The molecule has 0 saturated carbocycles. The Morgan fingerprint density at radius 1 is 1.44 bits per heavy atom. The second kappa shape index (κ2) is 4.31. The standard InChI is InChI=1S/C13H14N2O/c1-9(13(14)16)7-10-4-5-12-11(8-10)3-2-6-15-12/h2-6,8-9H,7H2,1H3,(H2,14,16). The molecule has 0 saturated heterocycles. The van der Waals surface area contributed by atoms with Crippen molar-refractivity contribution in [2.75, 3.05) is 0 Å². The minimum absolute atomic E-state index is 0.130. The summed E-state index contributed by atoms with van der Waals surface area (Å²) in [5.41, 5.74) is 7.33. The first kappa shape index (κ1) is 10.6. The van der Waals surface area contributed by atoms with E-state index in [4.69, 9.17) is 5.73 Å². The number of nitrogens with two attached hydrogens (primary N) is 1. The second-order valence-corrected chi connectivity index (χ2v) is 4.04. The molecule has 0 bridgehead atoms. The number of hydrogen-bond donors (Lipinski definition) is 1. The molecule has 16 heavy (non-hydrogen) atoms. The molecule has 2 aromatic rings. The van der Waals surface area contributed by atoms with E-state index in [1.54, 1.807) is 6.20 Å². The number of pyridine rings is 1. The molecular formula is C13H14N2O. The molecule has 0 radical (unpaired) electrons. The number of benzene rings is 1. The van der Waals surface area contributed by atoms with Gasteiger partial charge in [-0.25, -0.2) is 0 Å². The number of carbonyl (C=O) groups is 1. The molecular weight excluding hydrogens is 200 g/mol. The smallest absolute Gasteiger partial charge is 0.220 e. The average molecular weight is 214 g/mol. The topological polar surface area (TPSA) is 56.0 Å². The lowest BCUT2D eigenvalue weighted by Gasteiger charge is -2.07. The highest BCUT2D eigenvalue weighted by Crippen LogP contribution is 2.16. The third kappa shape index (κ3) is 2.19. The maximum absolute atomic E-state index is 11.0. The third-order valence-corrected chi connectivity index (χ3v) is 2.70. The summed E-state index contributed by atoms with van der Waals surface area (Å²) in [6.07, 6.45) is 2.45. The van der Waals surface area contributed by atoms with E-state index in [1.807, 2.05) is 31.2 Å². The van der Waals surface area contributed by atoms with Crippen LogP contribution in [0.3, 0.4) is 0 Å². The summed E-state index contributed by atoms with van der Waals surface area (Å²) in [4.78, 5) is 15.2. The first-order chi connectivity index (χ1) is 7.66. The Labute approximate surface area is 94.3 Å². The summed E-state index contributed by atoms with van der Waals surface area (Å²) in [5.74, 6) is -0.389. The van der Waals surface area contributed by atoms with Gasteiger partial charge in [0, 0.05) is 17.5 Å². The van der Waals surface area contributed by atoms with Gasteiger partial charge in [0.25, 0.3) is 0 Å². The Bertz CT molecular complexity index is 522. The monoisotopic (exact) mass is 214 g/mol. The Balaban J connectivity index is 2.29. The number of amides is 1. The minimum atomic E-state index is -0.258. The summed E-state index contributed by atoms with van der Waals surface area (Å²) < 4.78 is 0. The zero-order valence-electron chi connectivity index (χ0n) is 9.18. The normalized spacial score (nSPS) is 12.6. The predicted octanol–water partition coefficient (Wildman–Crippen LogP) is 1.90. The highest BCUT2D eigenvalue weighted by atomic mass is 16.1. The van der Waals surface area contributed by atoms with Crippen molar-refractivity contribution in [2.24, 2.45) is 11.7 Å². The summed E-state index contributed by atoms with van der Waals surface area (Å²) >= 11 is 0. The SMILES string of the molecule is CC(Cc1ccc2ncccc2c1)C(N)=O. The van der Waals surface area contributed by atoms with Crippen LogP contribution in [0.1, 0.15) is 12.5 Å². The fourth-order valence-corrected chi connectivity index (χ4v) is 1.71. The van der Waals surface area contributed by atoms with Crippen molar-refractivity contribution in [2.45, 2.75) is 13.3 Å². The van der Waals surface area contributed by atoms with E-state index in [-0.39, 0.29) is 11.8 Å². The number of fused-ring (bicyclic) bond motifs is 1. The molecule has 0 spiro atoms.